The fourth-order valence-electron chi connectivity index (χ4n) is 3.08. The second-order valence-electron chi connectivity index (χ2n) is 6.09. The maximum atomic E-state index is 12.7. The molecule has 0 spiro atoms. The van der Waals surface area contributed by atoms with Crippen LogP contribution < -0.4 is 0 Å². The highest BCUT2D eigenvalue weighted by molar-refractivity contribution is 5.96. The van der Waals surface area contributed by atoms with Gasteiger partial charge in [0.1, 0.15) is 0 Å². The zero-order valence-corrected chi connectivity index (χ0v) is 12.9. The Hall–Kier alpha value is -1.35. The van der Waals surface area contributed by atoms with E-state index in [4.69, 9.17) is 0 Å². The smallest absolute Gasteiger partial charge is 0.254 e. The number of amides is 1. The minimum atomic E-state index is -0.385. The number of carbonyl (C=O) groups is 1. The highest BCUT2D eigenvalue weighted by Crippen LogP contribution is 2.25. The lowest BCUT2D eigenvalue weighted by atomic mass is 9.91. The monoisotopic (exact) mass is 275 g/mol. The van der Waals surface area contributed by atoms with Gasteiger partial charge < -0.3 is 10.0 Å². The number of benzene rings is 1. The first-order valence-electron chi connectivity index (χ1n) is 7.45. The van der Waals surface area contributed by atoms with Gasteiger partial charge in [0.25, 0.3) is 5.91 Å². The molecule has 1 aliphatic rings. The topological polar surface area (TPSA) is 40.5 Å². The maximum absolute atomic E-state index is 12.7. The lowest BCUT2D eigenvalue weighted by Gasteiger charge is -2.35. The summed E-state index contributed by atoms with van der Waals surface area (Å²) in [5.74, 6) is 0.0246. The molecule has 0 heterocycles. The molecule has 2 atom stereocenters. The first-order valence-corrected chi connectivity index (χ1v) is 7.45. The first kappa shape index (κ1) is 15.0. The molecule has 3 nitrogen and oxygen atoms in total. The molecule has 0 aliphatic heterocycles. The van der Waals surface area contributed by atoms with Gasteiger partial charge in [0, 0.05) is 12.6 Å². The van der Waals surface area contributed by atoms with Crippen LogP contribution in [0, 0.1) is 20.8 Å². The lowest BCUT2D eigenvalue weighted by molar-refractivity contribution is 0.0267. The fraction of sp³-hybridized carbons (Fsp3) is 0.588. The van der Waals surface area contributed by atoms with Crippen LogP contribution in [0.15, 0.2) is 12.1 Å². The average molecular weight is 275 g/mol. The summed E-state index contributed by atoms with van der Waals surface area (Å²) in [6, 6.07) is 3.99. The molecule has 0 saturated heterocycles. The van der Waals surface area contributed by atoms with Gasteiger partial charge in [-0.05, 0) is 56.4 Å². The van der Waals surface area contributed by atoms with Gasteiger partial charge in [0.2, 0.25) is 0 Å². The quantitative estimate of drug-likeness (QED) is 0.901. The molecule has 3 heteroatoms. The third kappa shape index (κ3) is 2.88. The average Bonchev–Trinajstić information content (AvgIpc) is 2.42. The van der Waals surface area contributed by atoms with Crippen molar-refractivity contribution in [2.45, 2.75) is 58.6 Å². The van der Waals surface area contributed by atoms with E-state index in [2.05, 4.69) is 13.0 Å². The Balaban J connectivity index is 2.24. The van der Waals surface area contributed by atoms with Crippen molar-refractivity contribution >= 4 is 5.91 Å². The highest BCUT2D eigenvalue weighted by Gasteiger charge is 2.30. The van der Waals surface area contributed by atoms with Gasteiger partial charge in [-0.15, -0.1) is 0 Å². The normalized spacial score (nSPS) is 22.6. The molecule has 110 valence electrons. The summed E-state index contributed by atoms with van der Waals surface area (Å²) in [7, 11) is 1.82. The van der Waals surface area contributed by atoms with Crippen LogP contribution in [0.1, 0.15) is 52.7 Å². The van der Waals surface area contributed by atoms with Crippen molar-refractivity contribution in [3.63, 3.8) is 0 Å². The van der Waals surface area contributed by atoms with E-state index in [0.29, 0.717) is 0 Å². The third-order valence-corrected chi connectivity index (χ3v) is 4.58. The van der Waals surface area contributed by atoms with Gasteiger partial charge in [-0.3, -0.25) is 4.79 Å². The fourth-order valence-corrected chi connectivity index (χ4v) is 3.08. The minimum Gasteiger partial charge on any atom is -0.391 e. The number of hydrogen-bond acceptors (Lipinski definition) is 2. The Morgan fingerprint density at radius 3 is 2.35 bits per heavy atom. The SMILES string of the molecule is Cc1cc(C)c(C(=O)N(C)[C@@H]2CCCC[C@H]2O)cc1C. The number of aliphatic hydroxyl groups is 1. The first-order chi connectivity index (χ1) is 9.41. The highest BCUT2D eigenvalue weighted by atomic mass is 16.3. The van der Waals surface area contributed by atoms with Crippen molar-refractivity contribution in [3.05, 3.63) is 34.4 Å². The molecule has 0 aromatic heterocycles. The summed E-state index contributed by atoms with van der Waals surface area (Å²) < 4.78 is 0. The molecule has 2 rings (SSSR count). The number of aliphatic hydroxyl groups excluding tert-OH is 1. The maximum Gasteiger partial charge on any atom is 0.254 e. The van der Waals surface area contributed by atoms with Crippen molar-refractivity contribution in [3.8, 4) is 0 Å². The van der Waals surface area contributed by atoms with E-state index in [1.165, 1.54) is 5.56 Å². The van der Waals surface area contributed by atoms with Gasteiger partial charge in [-0.25, -0.2) is 0 Å². The van der Waals surface area contributed by atoms with Crippen molar-refractivity contribution in [2.75, 3.05) is 7.05 Å². The van der Waals surface area contributed by atoms with Gasteiger partial charge in [-0.2, -0.15) is 0 Å². The van der Waals surface area contributed by atoms with E-state index in [0.717, 1.165) is 42.4 Å². The van der Waals surface area contributed by atoms with E-state index in [-0.39, 0.29) is 18.1 Å². The summed E-state index contributed by atoms with van der Waals surface area (Å²) in [6.07, 6.45) is 3.46. The molecule has 0 bridgehead atoms. The molecular weight excluding hydrogens is 250 g/mol. The lowest BCUT2D eigenvalue weighted by Crippen LogP contribution is -2.46. The number of rotatable bonds is 2. The number of hydrogen-bond donors (Lipinski definition) is 1. The zero-order valence-electron chi connectivity index (χ0n) is 12.9. The minimum absolute atomic E-state index is 0.0246. The molecule has 1 aromatic carbocycles. The number of carbonyl (C=O) groups excluding carboxylic acids is 1. The summed E-state index contributed by atoms with van der Waals surface area (Å²) in [6.45, 7) is 6.07. The third-order valence-electron chi connectivity index (χ3n) is 4.58. The van der Waals surface area contributed by atoms with Crippen LogP contribution in [0.4, 0.5) is 0 Å². The Kier molecular flexibility index (Phi) is 4.48. The molecule has 20 heavy (non-hydrogen) atoms. The van der Waals surface area contributed by atoms with Crippen molar-refractivity contribution in [1.29, 1.82) is 0 Å². The van der Waals surface area contributed by atoms with Gasteiger partial charge >= 0.3 is 0 Å². The molecule has 1 aromatic rings. The zero-order chi connectivity index (χ0) is 14.9. The molecule has 1 amide bonds. The van der Waals surface area contributed by atoms with E-state index >= 15 is 0 Å². The van der Waals surface area contributed by atoms with Crippen LogP contribution >= 0.6 is 0 Å². The Morgan fingerprint density at radius 1 is 1.10 bits per heavy atom. The standard InChI is InChI=1S/C17H25NO2/c1-11-9-13(3)14(10-12(11)2)17(20)18(4)15-7-5-6-8-16(15)19/h9-10,15-16,19H,5-8H2,1-4H3/t15-,16-/m1/s1. The summed E-state index contributed by atoms with van der Waals surface area (Å²) >= 11 is 0. The van der Waals surface area contributed by atoms with Gasteiger partial charge in [0.05, 0.1) is 12.1 Å². The van der Waals surface area contributed by atoms with Gasteiger partial charge in [0.15, 0.2) is 0 Å². The van der Waals surface area contributed by atoms with Crippen molar-refractivity contribution in [1.82, 2.24) is 4.90 Å². The van der Waals surface area contributed by atoms with E-state index in [9.17, 15) is 9.90 Å². The Labute approximate surface area is 121 Å². The summed E-state index contributed by atoms with van der Waals surface area (Å²) in [5, 5.41) is 10.1. The molecule has 0 unspecified atom stereocenters. The second-order valence-corrected chi connectivity index (χ2v) is 6.09. The molecule has 1 N–H and O–H groups in total. The molecule has 1 saturated carbocycles. The van der Waals surface area contributed by atoms with Crippen LogP contribution in [-0.4, -0.2) is 35.1 Å². The van der Waals surface area contributed by atoms with Crippen LogP contribution in [0.2, 0.25) is 0 Å². The Morgan fingerprint density at radius 2 is 1.70 bits per heavy atom. The van der Waals surface area contributed by atoms with Crippen molar-refractivity contribution in [2.24, 2.45) is 0 Å². The number of likely N-dealkylation sites (N-methyl/N-ethyl adjacent to an activating group) is 1. The molecule has 1 aliphatic carbocycles. The van der Waals surface area contributed by atoms with E-state index in [1.54, 1.807) is 4.90 Å². The predicted octanol–water partition coefficient (Wildman–Crippen LogP) is 2.99. The molecule has 1 fully saturated rings. The van der Waals surface area contributed by atoms with Crippen LogP contribution in [0.25, 0.3) is 0 Å². The Bertz CT molecular complexity index is 510. The van der Waals surface area contributed by atoms with E-state index < -0.39 is 0 Å². The van der Waals surface area contributed by atoms with E-state index in [1.807, 2.05) is 27.0 Å². The van der Waals surface area contributed by atoms with Crippen LogP contribution in [0.5, 0.6) is 0 Å². The van der Waals surface area contributed by atoms with Crippen LogP contribution in [-0.2, 0) is 0 Å². The largest absolute Gasteiger partial charge is 0.391 e. The predicted molar refractivity (Wildman–Crippen MR) is 81.0 cm³/mol. The number of nitrogens with zero attached hydrogens (tertiary/aromatic N) is 1. The summed E-state index contributed by atoms with van der Waals surface area (Å²) in [4.78, 5) is 14.4. The van der Waals surface area contributed by atoms with Gasteiger partial charge in [-0.1, -0.05) is 18.9 Å². The van der Waals surface area contributed by atoms with Crippen LogP contribution in [0.3, 0.4) is 0 Å². The number of aryl methyl sites for hydroxylation is 3. The summed E-state index contributed by atoms with van der Waals surface area (Å²) in [5.41, 5.74) is 4.11. The molecular formula is C17H25NO2. The second kappa shape index (κ2) is 5.96. The molecule has 0 radical (unpaired) electrons. The van der Waals surface area contributed by atoms with Crippen molar-refractivity contribution < 1.29 is 9.90 Å².